The zero-order valence-corrected chi connectivity index (χ0v) is 30.7. The molecule has 3 aliphatic rings. The van der Waals surface area contributed by atoms with Crippen molar-refractivity contribution in [3.8, 4) is 11.5 Å². The SMILES string of the molecule is CCOC(OCC)[C@@H]1C[C@@H]2N(O[C@H](OC3CCCC3(c3ccccc3)c3ccccc3)[C@H](OC(C)=O)[C@@]2(CC)Cc2ccc(OC)c(OC)c2)O1. The molecule has 0 N–H and O–H groups in total. The van der Waals surface area contributed by atoms with E-state index in [1.807, 2.05) is 44.2 Å². The molecule has 3 fully saturated rings. The van der Waals surface area contributed by atoms with Crippen molar-refractivity contribution in [1.29, 1.82) is 0 Å². The number of rotatable bonds is 15. The first-order chi connectivity index (χ1) is 24.8. The van der Waals surface area contributed by atoms with Crippen LogP contribution in [0.15, 0.2) is 78.9 Å². The fourth-order valence-electron chi connectivity index (χ4n) is 8.69. The van der Waals surface area contributed by atoms with E-state index in [0.717, 1.165) is 24.8 Å². The summed E-state index contributed by atoms with van der Waals surface area (Å²) in [7, 11) is 3.25. The first-order valence-electron chi connectivity index (χ1n) is 18.3. The van der Waals surface area contributed by atoms with E-state index in [1.165, 1.54) is 18.1 Å². The number of nitrogens with zero attached hydrogens (tertiary/aromatic N) is 1. The molecular weight excluding hydrogens is 650 g/mol. The monoisotopic (exact) mass is 703 g/mol. The van der Waals surface area contributed by atoms with E-state index in [-0.39, 0.29) is 12.1 Å². The third kappa shape index (κ3) is 7.27. The molecule has 10 heteroatoms. The van der Waals surface area contributed by atoms with E-state index < -0.39 is 41.6 Å². The van der Waals surface area contributed by atoms with Crippen LogP contribution < -0.4 is 9.47 Å². The average Bonchev–Trinajstić information content (AvgIpc) is 3.79. The Morgan fingerprint density at radius 2 is 1.53 bits per heavy atom. The van der Waals surface area contributed by atoms with Gasteiger partial charge in [0.2, 0.25) is 6.29 Å². The molecule has 51 heavy (non-hydrogen) atoms. The number of hydroxylamine groups is 2. The number of fused-ring (bicyclic) bond motifs is 1. The third-order valence-electron chi connectivity index (χ3n) is 11.0. The highest BCUT2D eigenvalue weighted by Gasteiger charge is 2.63. The van der Waals surface area contributed by atoms with E-state index in [9.17, 15) is 4.79 Å². The maximum absolute atomic E-state index is 13.1. The number of carbonyl (C=O) groups excluding carboxylic acids is 1. The molecule has 1 saturated carbocycles. The second kappa shape index (κ2) is 16.4. The van der Waals surface area contributed by atoms with Gasteiger partial charge < -0.3 is 28.4 Å². The second-order valence-corrected chi connectivity index (χ2v) is 13.6. The summed E-state index contributed by atoms with van der Waals surface area (Å²) in [6.07, 6.45) is 1.23. The molecule has 10 nitrogen and oxygen atoms in total. The van der Waals surface area contributed by atoms with E-state index in [2.05, 4.69) is 55.5 Å². The Labute approximate surface area is 302 Å². The second-order valence-electron chi connectivity index (χ2n) is 13.6. The molecule has 3 aromatic carbocycles. The lowest BCUT2D eigenvalue weighted by Crippen LogP contribution is -2.64. The maximum atomic E-state index is 13.1. The minimum Gasteiger partial charge on any atom is -0.493 e. The van der Waals surface area contributed by atoms with Crippen molar-refractivity contribution in [2.45, 2.75) is 109 Å². The number of carbonyl (C=O) groups is 1. The molecule has 0 spiro atoms. The van der Waals surface area contributed by atoms with Gasteiger partial charge in [0.25, 0.3) is 0 Å². The van der Waals surface area contributed by atoms with Crippen LogP contribution in [0, 0.1) is 5.41 Å². The Morgan fingerprint density at radius 3 is 2.10 bits per heavy atom. The third-order valence-corrected chi connectivity index (χ3v) is 11.0. The van der Waals surface area contributed by atoms with Gasteiger partial charge in [0, 0.05) is 37.4 Å². The van der Waals surface area contributed by atoms with Crippen LogP contribution in [0.5, 0.6) is 11.5 Å². The molecule has 2 saturated heterocycles. The van der Waals surface area contributed by atoms with Crippen LogP contribution in [0.2, 0.25) is 0 Å². The van der Waals surface area contributed by atoms with Gasteiger partial charge in [-0.15, -0.1) is 0 Å². The number of esters is 1. The van der Waals surface area contributed by atoms with Gasteiger partial charge in [-0.05, 0) is 74.8 Å². The molecule has 0 bridgehead atoms. The summed E-state index contributed by atoms with van der Waals surface area (Å²) in [6, 6.07) is 26.7. The largest absolute Gasteiger partial charge is 0.493 e. The molecule has 0 aromatic heterocycles. The fourth-order valence-corrected chi connectivity index (χ4v) is 8.69. The van der Waals surface area contributed by atoms with Crippen molar-refractivity contribution in [3.63, 3.8) is 0 Å². The minimum absolute atomic E-state index is 0.282. The van der Waals surface area contributed by atoms with Crippen molar-refractivity contribution in [1.82, 2.24) is 5.23 Å². The molecule has 6 rings (SSSR count). The van der Waals surface area contributed by atoms with Gasteiger partial charge in [-0.1, -0.05) is 78.9 Å². The van der Waals surface area contributed by atoms with Crippen LogP contribution in [0.3, 0.4) is 0 Å². The molecule has 1 unspecified atom stereocenters. The Bertz CT molecular complexity index is 1530. The van der Waals surface area contributed by atoms with Crippen LogP contribution >= 0.6 is 0 Å². The standard InChI is InChI=1S/C41H53NO9/c1-7-40(27-29-22-23-32(44-5)33(25-29)45-6)35-26-34(38(46-8-2)47-9-3)50-42(35)51-39(37(40)48-28(4)43)49-36-21-16-24-41(36,30-17-12-10-13-18-30)31-19-14-11-15-20-31/h10-15,17-20,22-23,25,34-39H,7-9,16,21,24,26-27H2,1-6H3/t34-,35-,36?,37-,39-,40-/m0/s1. The Kier molecular flexibility index (Phi) is 12.0. The van der Waals surface area contributed by atoms with Crippen LogP contribution in [0.4, 0.5) is 0 Å². The lowest BCUT2D eigenvalue weighted by molar-refractivity contribution is -0.479. The van der Waals surface area contributed by atoms with Gasteiger partial charge in [-0.2, -0.15) is 0 Å². The molecular formula is C41H53NO9. The number of hydrogen-bond acceptors (Lipinski definition) is 10. The lowest BCUT2D eigenvalue weighted by Gasteiger charge is -2.53. The van der Waals surface area contributed by atoms with E-state index >= 15 is 0 Å². The number of hydrogen-bond donors (Lipinski definition) is 0. The first-order valence-corrected chi connectivity index (χ1v) is 18.3. The molecule has 6 atom stereocenters. The topological polar surface area (TPSA) is 94.2 Å². The van der Waals surface area contributed by atoms with E-state index in [1.54, 1.807) is 19.4 Å². The first kappa shape index (κ1) is 37.3. The zero-order chi connectivity index (χ0) is 36.0. The van der Waals surface area contributed by atoms with Gasteiger partial charge in [-0.3, -0.25) is 9.63 Å². The minimum atomic E-state index is -0.975. The summed E-state index contributed by atoms with van der Waals surface area (Å²) < 4.78 is 36.9. The molecule has 276 valence electrons. The average molecular weight is 704 g/mol. The van der Waals surface area contributed by atoms with Gasteiger partial charge in [-0.25, -0.2) is 4.84 Å². The summed E-state index contributed by atoms with van der Waals surface area (Å²) in [5, 5.41) is 1.59. The highest BCUT2D eigenvalue weighted by Crippen LogP contribution is 2.53. The molecule has 2 heterocycles. The van der Waals surface area contributed by atoms with Gasteiger partial charge >= 0.3 is 5.97 Å². The number of benzene rings is 3. The van der Waals surface area contributed by atoms with Gasteiger partial charge in [0.1, 0.15) is 6.10 Å². The van der Waals surface area contributed by atoms with Crippen molar-refractivity contribution in [2.24, 2.45) is 5.41 Å². The normalized spacial score (nSPS) is 27.3. The summed E-state index contributed by atoms with van der Waals surface area (Å²) >= 11 is 0. The lowest BCUT2D eigenvalue weighted by atomic mass is 9.66. The highest BCUT2D eigenvalue weighted by atomic mass is 17.0. The summed E-state index contributed by atoms with van der Waals surface area (Å²) in [6.45, 7) is 8.37. The van der Waals surface area contributed by atoms with Crippen molar-refractivity contribution < 1.29 is 42.9 Å². The van der Waals surface area contributed by atoms with Crippen molar-refractivity contribution >= 4 is 5.97 Å². The Morgan fingerprint density at radius 1 is 0.882 bits per heavy atom. The Balaban J connectivity index is 1.45. The van der Waals surface area contributed by atoms with E-state index in [4.69, 9.17) is 38.1 Å². The molecule has 0 amide bonds. The summed E-state index contributed by atoms with van der Waals surface area (Å²) in [5.41, 5.74) is 2.19. The van der Waals surface area contributed by atoms with E-state index in [0.29, 0.717) is 44.0 Å². The van der Waals surface area contributed by atoms with Crippen LogP contribution in [0.1, 0.15) is 76.5 Å². The fraction of sp³-hybridized carbons (Fsp3) is 0.537. The predicted molar refractivity (Wildman–Crippen MR) is 191 cm³/mol. The predicted octanol–water partition coefficient (Wildman–Crippen LogP) is 7.17. The van der Waals surface area contributed by atoms with Gasteiger partial charge in [0.15, 0.2) is 23.9 Å². The van der Waals surface area contributed by atoms with Gasteiger partial charge in [0.05, 0.1) is 26.4 Å². The van der Waals surface area contributed by atoms with Crippen molar-refractivity contribution in [3.05, 3.63) is 95.6 Å². The van der Waals surface area contributed by atoms with Crippen LogP contribution in [-0.4, -0.2) is 75.6 Å². The quantitative estimate of drug-likeness (QED) is 0.120. The molecule has 3 aromatic rings. The zero-order valence-electron chi connectivity index (χ0n) is 30.7. The molecule has 0 radical (unpaired) electrons. The Hall–Kier alpha value is -3.51. The summed E-state index contributed by atoms with van der Waals surface area (Å²) in [4.78, 5) is 26.4. The number of ether oxygens (including phenoxy) is 6. The molecule has 2 aliphatic heterocycles. The number of methoxy groups -OCH3 is 2. The van der Waals surface area contributed by atoms with Crippen molar-refractivity contribution in [2.75, 3.05) is 27.4 Å². The summed E-state index contributed by atoms with van der Waals surface area (Å²) in [5.74, 6) is 0.853. The van der Waals surface area contributed by atoms with Crippen LogP contribution in [-0.2, 0) is 45.3 Å². The highest BCUT2D eigenvalue weighted by molar-refractivity contribution is 5.66. The smallest absolute Gasteiger partial charge is 0.303 e. The maximum Gasteiger partial charge on any atom is 0.303 e. The molecule has 1 aliphatic carbocycles. The van der Waals surface area contributed by atoms with Crippen LogP contribution in [0.25, 0.3) is 0 Å².